The number of hydrogen-bond acceptors (Lipinski definition) is 5. The summed E-state index contributed by atoms with van der Waals surface area (Å²) in [6.07, 6.45) is 0. The number of ether oxygens (including phenoxy) is 1. The Balaban J connectivity index is 1.42. The number of nitrogens with one attached hydrogen (secondary N) is 2. The predicted octanol–water partition coefficient (Wildman–Crippen LogP) is 2.57. The summed E-state index contributed by atoms with van der Waals surface area (Å²) in [5.74, 6) is 0.817. The summed E-state index contributed by atoms with van der Waals surface area (Å²) in [4.78, 5) is 29.5. The number of nitrogens with zero attached hydrogens (tertiary/aromatic N) is 2. The summed E-state index contributed by atoms with van der Waals surface area (Å²) in [7, 11) is 1.63. The number of carbonyl (C=O) groups excluding carboxylic acids is 2. The lowest BCUT2D eigenvalue weighted by atomic mass is 10.1. The van der Waals surface area contributed by atoms with Crippen LogP contribution in [0.25, 0.3) is 0 Å². The fourth-order valence-electron chi connectivity index (χ4n) is 3.95. The van der Waals surface area contributed by atoms with Gasteiger partial charge in [-0.25, -0.2) is 0 Å². The highest BCUT2D eigenvalue weighted by Crippen LogP contribution is 2.19. The Hall–Kier alpha value is -2.90. The molecule has 2 aromatic carbocycles. The molecule has 2 N–H and O–H groups in total. The quantitative estimate of drug-likeness (QED) is 0.663. The zero-order valence-corrected chi connectivity index (χ0v) is 19.5. The number of hydrogen-bond donors (Lipinski definition) is 2. The van der Waals surface area contributed by atoms with E-state index in [4.69, 9.17) is 4.74 Å². The van der Waals surface area contributed by atoms with E-state index in [0.29, 0.717) is 13.1 Å². The van der Waals surface area contributed by atoms with Gasteiger partial charge in [-0.2, -0.15) is 0 Å². The molecule has 7 heteroatoms. The van der Waals surface area contributed by atoms with Crippen molar-refractivity contribution in [3.8, 4) is 5.75 Å². The van der Waals surface area contributed by atoms with Crippen molar-refractivity contribution in [2.75, 3.05) is 45.2 Å². The molecule has 172 valence electrons. The van der Waals surface area contributed by atoms with E-state index in [2.05, 4.69) is 20.4 Å². The highest BCUT2D eigenvalue weighted by atomic mass is 16.5. The molecule has 1 saturated heterocycles. The average Bonchev–Trinajstić information content (AvgIpc) is 2.80. The van der Waals surface area contributed by atoms with Gasteiger partial charge in [0.05, 0.1) is 19.7 Å². The van der Waals surface area contributed by atoms with Crippen LogP contribution in [0.4, 0.5) is 5.69 Å². The SMILES string of the molecule is COc1ccc(CNC(=O)C(C)N2CCN(CC(=O)Nc3c(C)cccc3C)CC2)cc1. The zero-order chi connectivity index (χ0) is 23.1. The third kappa shape index (κ3) is 6.31. The second-order valence-corrected chi connectivity index (χ2v) is 8.37. The summed E-state index contributed by atoms with van der Waals surface area (Å²) in [6, 6.07) is 13.5. The summed E-state index contributed by atoms with van der Waals surface area (Å²) in [5.41, 5.74) is 4.07. The molecular weight excluding hydrogens is 404 g/mol. The molecular formula is C25H34N4O3. The van der Waals surface area contributed by atoms with Crippen LogP contribution in [0.5, 0.6) is 5.75 Å². The number of aryl methyl sites for hydroxylation is 2. The van der Waals surface area contributed by atoms with Gasteiger partial charge < -0.3 is 15.4 Å². The first kappa shape index (κ1) is 23.8. The van der Waals surface area contributed by atoms with Crippen molar-refractivity contribution in [3.05, 3.63) is 59.2 Å². The molecule has 0 saturated carbocycles. The second-order valence-electron chi connectivity index (χ2n) is 8.37. The molecule has 1 aliphatic rings. The molecule has 1 heterocycles. The minimum Gasteiger partial charge on any atom is -0.497 e. The fourth-order valence-corrected chi connectivity index (χ4v) is 3.95. The molecule has 3 rings (SSSR count). The molecule has 0 bridgehead atoms. The van der Waals surface area contributed by atoms with Crippen LogP contribution in [0.1, 0.15) is 23.6 Å². The summed E-state index contributed by atoms with van der Waals surface area (Å²) >= 11 is 0. The summed E-state index contributed by atoms with van der Waals surface area (Å²) in [5, 5.41) is 6.07. The van der Waals surface area contributed by atoms with Gasteiger partial charge in [0.25, 0.3) is 0 Å². The monoisotopic (exact) mass is 438 g/mol. The van der Waals surface area contributed by atoms with E-state index in [-0.39, 0.29) is 17.9 Å². The molecule has 7 nitrogen and oxygen atoms in total. The molecule has 1 unspecified atom stereocenters. The van der Waals surface area contributed by atoms with Gasteiger partial charge in [-0.15, -0.1) is 0 Å². The third-order valence-corrected chi connectivity index (χ3v) is 6.07. The number of para-hydroxylation sites is 1. The predicted molar refractivity (Wildman–Crippen MR) is 127 cm³/mol. The second kappa shape index (κ2) is 11.1. The number of methoxy groups -OCH3 is 1. The van der Waals surface area contributed by atoms with E-state index < -0.39 is 0 Å². The Kier molecular flexibility index (Phi) is 8.25. The summed E-state index contributed by atoms with van der Waals surface area (Å²) in [6.45, 7) is 9.83. The maximum Gasteiger partial charge on any atom is 0.238 e. The van der Waals surface area contributed by atoms with Gasteiger partial charge in [0.15, 0.2) is 0 Å². The number of anilines is 1. The van der Waals surface area contributed by atoms with Crippen LogP contribution in [0, 0.1) is 13.8 Å². The van der Waals surface area contributed by atoms with E-state index >= 15 is 0 Å². The first-order chi connectivity index (χ1) is 15.4. The number of rotatable bonds is 8. The van der Waals surface area contributed by atoms with Gasteiger partial charge in [-0.3, -0.25) is 19.4 Å². The van der Waals surface area contributed by atoms with Gasteiger partial charge in [0.2, 0.25) is 11.8 Å². The van der Waals surface area contributed by atoms with E-state index in [1.807, 2.05) is 63.2 Å². The largest absolute Gasteiger partial charge is 0.497 e. The van der Waals surface area contributed by atoms with Crippen LogP contribution in [0.15, 0.2) is 42.5 Å². The van der Waals surface area contributed by atoms with Crippen molar-refractivity contribution in [3.63, 3.8) is 0 Å². The van der Waals surface area contributed by atoms with Gasteiger partial charge in [0.1, 0.15) is 5.75 Å². The lowest BCUT2D eigenvalue weighted by Gasteiger charge is -2.37. The normalized spacial score (nSPS) is 15.8. The molecule has 1 atom stereocenters. The molecule has 0 aliphatic carbocycles. The Bertz CT molecular complexity index is 901. The topological polar surface area (TPSA) is 73.9 Å². The molecule has 2 aromatic rings. The molecule has 0 aromatic heterocycles. The van der Waals surface area contributed by atoms with Crippen LogP contribution >= 0.6 is 0 Å². The minimum absolute atomic E-state index is 0.00105. The Morgan fingerprint density at radius 1 is 1.00 bits per heavy atom. The molecule has 0 spiro atoms. The molecule has 0 radical (unpaired) electrons. The van der Waals surface area contributed by atoms with Crippen molar-refractivity contribution in [2.45, 2.75) is 33.4 Å². The standard InChI is InChI=1S/C25H34N4O3/c1-18-6-5-7-19(2)24(18)27-23(30)17-28-12-14-29(15-13-28)20(3)25(31)26-16-21-8-10-22(32-4)11-9-21/h5-11,20H,12-17H2,1-4H3,(H,26,31)(H,27,30). The summed E-state index contributed by atoms with van der Waals surface area (Å²) < 4.78 is 5.16. The van der Waals surface area contributed by atoms with Gasteiger partial charge in [-0.1, -0.05) is 30.3 Å². The van der Waals surface area contributed by atoms with Crippen molar-refractivity contribution < 1.29 is 14.3 Å². The number of benzene rings is 2. The average molecular weight is 439 g/mol. The van der Waals surface area contributed by atoms with E-state index in [1.54, 1.807) is 7.11 Å². The van der Waals surface area contributed by atoms with Crippen molar-refractivity contribution in [1.82, 2.24) is 15.1 Å². The van der Waals surface area contributed by atoms with Gasteiger partial charge in [0, 0.05) is 38.4 Å². The Morgan fingerprint density at radius 2 is 1.62 bits per heavy atom. The molecule has 2 amide bonds. The lowest BCUT2D eigenvalue weighted by molar-refractivity contribution is -0.127. The van der Waals surface area contributed by atoms with Gasteiger partial charge >= 0.3 is 0 Å². The highest BCUT2D eigenvalue weighted by molar-refractivity contribution is 5.93. The van der Waals surface area contributed by atoms with E-state index in [9.17, 15) is 9.59 Å². The minimum atomic E-state index is -0.209. The fraction of sp³-hybridized carbons (Fsp3) is 0.440. The Labute approximate surface area is 190 Å². The van der Waals surface area contributed by atoms with Gasteiger partial charge in [-0.05, 0) is 49.6 Å². The molecule has 1 aliphatic heterocycles. The number of piperazine rings is 1. The highest BCUT2D eigenvalue weighted by Gasteiger charge is 2.26. The third-order valence-electron chi connectivity index (χ3n) is 6.07. The number of amides is 2. The van der Waals surface area contributed by atoms with Crippen LogP contribution in [-0.2, 0) is 16.1 Å². The van der Waals surface area contributed by atoms with E-state index in [0.717, 1.165) is 54.3 Å². The van der Waals surface area contributed by atoms with Crippen molar-refractivity contribution in [2.24, 2.45) is 0 Å². The molecule has 1 fully saturated rings. The first-order valence-electron chi connectivity index (χ1n) is 11.1. The van der Waals surface area contributed by atoms with Crippen LogP contribution in [0.2, 0.25) is 0 Å². The van der Waals surface area contributed by atoms with E-state index in [1.165, 1.54) is 0 Å². The van der Waals surface area contributed by atoms with Crippen molar-refractivity contribution in [1.29, 1.82) is 0 Å². The lowest BCUT2D eigenvalue weighted by Crippen LogP contribution is -2.54. The first-order valence-corrected chi connectivity index (χ1v) is 11.1. The van der Waals surface area contributed by atoms with Crippen LogP contribution in [-0.4, -0.2) is 67.5 Å². The maximum absolute atomic E-state index is 12.6. The maximum atomic E-state index is 12.6. The zero-order valence-electron chi connectivity index (χ0n) is 19.5. The van der Waals surface area contributed by atoms with Crippen LogP contribution in [0.3, 0.4) is 0 Å². The number of carbonyl (C=O) groups is 2. The van der Waals surface area contributed by atoms with Crippen molar-refractivity contribution >= 4 is 17.5 Å². The van der Waals surface area contributed by atoms with Crippen LogP contribution < -0.4 is 15.4 Å². The smallest absolute Gasteiger partial charge is 0.238 e. The Morgan fingerprint density at radius 3 is 2.22 bits per heavy atom. The molecule has 32 heavy (non-hydrogen) atoms.